The van der Waals surface area contributed by atoms with Crippen molar-refractivity contribution in [3.63, 3.8) is 0 Å². The molecule has 1 saturated heterocycles. The van der Waals surface area contributed by atoms with Crippen LogP contribution in [0.5, 0.6) is 5.75 Å². The van der Waals surface area contributed by atoms with Crippen LogP contribution < -0.4 is 10.5 Å². The van der Waals surface area contributed by atoms with E-state index in [0.717, 1.165) is 19.0 Å². The van der Waals surface area contributed by atoms with Crippen molar-refractivity contribution in [3.8, 4) is 5.75 Å². The van der Waals surface area contributed by atoms with Gasteiger partial charge in [0.05, 0.1) is 12.1 Å². The standard InChI is InChI=1S/C15H23ClN2O/c1-3-11-6-7-18(10-11)14(9-17)12-4-5-15(19-2)13(16)8-12/h4-5,8,11,14H,3,6-7,9-10,17H2,1-2H3. The Balaban J connectivity index is 2.15. The van der Waals surface area contributed by atoms with E-state index in [1.807, 2.05) is 12.1 Å². The molecular weight excluding hydrogens is 260 g/mol. The molecule has 0 radical (unpaired) electrons. The van der Waals surface area contributed by atoms with Crippen molar-refractivity contribution in [1.29, 1.82) is 0 Å². The van der Waals surface area contributed by atoms with Crippen LogP contribution in [-0.2, 0) is 0 Å². The molecule has 0 aromatic heterocycles. The zero-order valence-corrected chi connectivity index (χ0v) is 12.5. The normalized spacial score (nSPS) is 21.6. The largest absolute Gasteiger partial charge is 0.495 e. The molecule has 1 heterocycles. The fourth-order valence-corrected chi connectivity index (χ4v) is 3.13. The van der Waals surface area contributed by atoms with Gasteiger partial charge in [0, 0.05) is 19.1 Å². The Morgan fingerprint density at radius 1 is 1.53 bits per heavy atom. The van der Waals surface area contributed by atoms with Crippen LogP contribution in [0, 0.1) is 5.92 Å². The van der Waals surface area contributed by atoms with E-state index < -0.39 is 0 Å². The molecule has 0 spiro atoms. The Bertz CT molecular complexity index is 425. The van der Waals surface area contributed by atoms with Gasteiger partial charge in [-0.1, -0.05) is 31.0 Å². The molecule has 2 N–H and O–H groups in total. The average molecular weight is 283 g/mol. The van der Waals surface area contributed by atoms with E-state index in [0.29, 0.717) is 17.3 Å². The first-order valence-electron chi connectivity index (χ1n) is 6.97. The van der Waals surface area contributed by atoms with Gasteiger partial charge in [-0.3, -0.25) is 4.90 Å². The molecule has 4 heteroatoms. The summed E-state index contributed by atoms with van der Waals surface area (Å²) < 4.78 is 5.20. The molecule has 1 fully saturated rings. The van der Waals surface area contributed by atoms with Crippen LogP contribution >= 0.6 is 11.6 Å². The van der Waals surface area contributed by atoms with Crippen molar-refractivity contribution in [2.24, 2.45) is 11.7 Å². The van der Waals surface area contributed by atoms with E-state index in [2.05, 4.69) is 17.9 Å². The summed E-state index contributed by atoms with van der Waals surface area (Å²) in [6.07, 6.45) is 2.52. The van der Waals surface area contributed by atoms with Gasteiger partial charge in [0.15, 0.2) is 0 Å². The monoisotopic (exact) mass is 282 g/mol. The van der Waals surface area contributed by atoms with E-state index in [9.17, 15) is 0 Å². The number of methoxy groups -OCH3 is 1. The summed E-state index contributed by atoms with van der Waals surface area (Å²) in [6, 6.07) is 6.24. The van der Waals surface area contributed by atoms with Crippen LogP contribution in [0.2, 0.25) is 5.02 Å². The number of rotatable bonds is 5. The molecule has 0 aliphatic carbocycles. The summed E-state index contributed by atoms with van der Waals surface area (Å²) in [6.45, 7) is 5.15. The zero-order valence-electron chi connectivity index (χ0n) is 11.7. The molecule has 0 saturated carbocycles. The van der Waals surface area contributed by atoms with Crippen molar-refractivity contribution in [2.45, 2.75) is 25.8 Å². The lowest BCUT2D eigenvalue weighted by molar-refractivity contribution is 0.240. The minimum Gasteiger partial charge on any atom is -0.495 e. The number of nitrogens with two attached hydrogens (primary N) is 1. The molecule has 3 nitrogen and oxygen atoms in total. The molecule has 2 unspecified atom stereocenters. The van der Waals surface area contributed by atoms with Crippen molar-refractivity contribution in [1.82, 2.24) is 4.90 Å². The maximum Gasteiger partial charge on any atom is 0.137 e. The van der Waals surface area contributed by atoms with Gasteiger partial charge in [-0.2, -0.15) is 0 Å². The first-order chi connectivity index (χ1) is 9.19. The number of nitrogens with zero attached hydrogens (tertiary/aromatic N) is 1. The van der Waals surface area contributed by atoms with Crippen LogP contribution in [0.4, 0.5) is 0 Å². The predicted molar refractivity (Wildman–Crippen MR) is 79.8 cm³/mol. The highest BCUT2D eigenvalue weighted by Gasteiger charge is 2.27. The molecule has 0 amide bonds. The van der Waals surface area contributed by atoms with Gasteiger partial charge in [0.2, 0.25) is 0 Å². The number of hydrogen-bond donors (Lipinski definition) is 1. The molecule has 2 atom stereocenters. The third-order valence-electron chi connectivity index (χ3n) is 4.12. The SMILES string of the molecule is CCC1CCN(C(CN)c2ccc(OC)c(Cl)c2)C1. The lowest BCUT2D eigenvalue weighted by atomic mass is 10.0. The van der Waals surface area contributed by atoms with Crippen molar-refractivity contribution >= 4 is 11.6 Å². The average Bonchev–Trinajstić information content (AvgIpc) is 2.88. The Kier molecular flexibility index (Phi) is 5.08. The second kappa shape index (κ2) is 6.60. The fourth-order valence-electron chi connectivity index (χ4n) is 2.86. The minimum absolute atomic E-state index is 0.264. The summed E-state index contributed by atoms with van der Waals surface area (Å²) in [5, 5.41) is 0.657. The Morgan fingerprint density at radius 2 is 2.32 bits per heavy atom. The van der Waals surface area contributed by atoms with E-state index in [1.165, 1.54) is 18.4 Å². The van der Waals surface area contributed by atoms with Crippen LogP contribution in [0.1, 0.15) is 31.4 Å². The predicted octanol–water partition coefficient (Wildman–Crippen LogP) is 3.08. The second-order valence-corrected chi connectivity index (χ2v) is 5.61. The van der Waals surface area contributed by atoms with Crippen LogP contribution in [0.15, 0.2) is 18.2 Å². The number of hydrogen-bond acceptors (Lipinski definition) is 3. The second-order valence-electron chi connectivity index (χ2n) is 5.20. The number of benzene rings is 1. The number of halogens is 1. The topological polar surface area (TPSA) is 38.5 Å². The quantitative estimate of drug-likeness (QED) is 0.902. The van der Waals surface area contributed by atoms with Gasteiger partial charge >= 0.3 is 0 Å². The van der Waals surface area contributed by atoms with Crippen molar-refractivity contribution in [2.75, 3.05) is 26.7 Å². The van der Waals surface area contributed by atoms with Gasteiger partial charge in [-0.05, 0) is 36.6 Å². The van der Waals surface area contributed by atoms with Gasteiger partial charge in [0.25, 0.3) is 0 Å². The van der Waals surface area contributed by atoms with Gasteiger partial charge in [-0.15, -0.1) is 0 Å². The van der Waals surface area contributed by atoms with E-state index in [1.54, 1.807) is 7.11 Å². The molecule has 1 aromatic carbocycles. The maximum atomic E-state index is 6.21. The van der Waals surface area contributed by atoms with Crippen LogP contribution in [-0.4, -0.2) is 31.6 Å². The van der Waals surface area contributed by atoms with E-state index in [-0.39, 0.29) is 6.04 Å². The van der Waals surface area contributed by atoms with Gasteiger partial charge in [-0.25, -0.2) is 0 Å². The van der Waals surface area contributed by atoms with Crippen molar-refractivity contribution in [3.05, 3.63) is 28.8 Å². The Hall–Kier alpha value is -0.770. The van der Waals surface area contributed by atoms with Gasteiger partial charge in [0.1, 0.15) is 5.75 Å². The maximum absolute atomic E-state index is 6.21. The first-order valence-corrected chi connectivity index (χ1v) is 7.35. The van der Waals surface area contributed by atoms with Crippen LogP contribution in [0.25, 0.3) is 0 Å². The molecule has 1 aromatic rings. The fraction of sp³-hybridized carbons (Fsp3) is 0.600. The third kappa shape index (κ3) is 3.22. The van der Waals surface area contributed by atoms with Gasteiger partial charge < -0.3 is 10.5 Å². The van der Waals surface area contributed by atoms with E-state index >= 15 is 0 Å². The highest BCUT2D eigenvalue weighted by molar-refractivity contribution is 6.32. The summed E-state index contributed by atoms with van der Waals surface area (Å²) in [5.41, 5.74) is 7.16. The molecule has 19 heavy (non-hydrogen) atoms. The van der Waals surface area contributed by atoms with Crippen molar-refractivity contribution < 1.29 is 4.74 Å². The Morgan fingerprint density at radius 3 is 2.84 bits per heavy atom. The number of likely N-dealkylation sites (tertiary alicyclic amines) is 1. The Labute approximate surface area is 120 Å². The number of ether oxygens (including phenoxy) is 1. The molecule has 0 bridgehead atoms. The summed E-state index contributed by atoms with van der Waals surface area (Å²) in [4.78, 5) is 2.48. The van der Waals surface area contributed by atoms with Crippen LogP contribution in [0.3, 0.4) is 0 Å². The molecule has 1 aliphatic rings. The summed E-state index contributed by atoms with van der Waals surface area (Å²) in [5.74, 6) is 1.52. The highest BCUT2D eigenvalue weighted by Crippen LogP contribution is 2.32. The first kappa shape index (κ1) is 14.6. The molecule has 106 valence electrons. The van der Waals surface area contributed by atoms with E-state index in [4.69, 9.17) is 22.1 Å². The summed E-state index contributed by atoms with van der Waals surface area (Å²) >= 11 is 6.21. The molecule has 2 rings (SSSR count). The lowest BCUT2D eigenvalue weighted by Gasteiger charge is -2.27. The lowest BCUT2D eigenvalue weighted by Crippen LogP contribution is -2.32. The molecular formula is C15H23ClN2O. The highest BCUT2D eigenvalue weighted by atomic mass is 35.5. The smallest absolute Gasteiger partial charge is 0.137 e. The summed E-state index contributed by atoms with van der Waals surface area (Å²) in [7, 11) is 1.63. The molecule has 1 aliphatic heterocycles. The minimum atomic E-state index is 0.264. The third-order valence-corrected chi connectivity index (χ3v) is 4.41. The zero-order chi connectivity index (χ0) is 13.8.